The van der Waals surface area contributed by atoms with E-state index in [1.165, 1.54) is 0 Å². The average molecular weight is 483 g/mol. The van der Waals surface area contributed by atoms with Crippen LogP contribution in [0.1, 0.15) is 100 Å². The third-order valence-corrected chi connectivity index (χ3v) is 7.00. The number of piperazine rings is 2. The van der Waals surface area contributed by atoms with Gasteiger partial charge in [-0.2, -0.15) is 0 Å². The number of nitrogens with one attached hydrogen (secondary N) is 2. The third kappa shape index (κ3) is 7.64. The van der Waals surface area contributed by atoms with Crippen LogP contribution < -0.4 is 10.6 Å². The minimum absolute atomic E-state index is 0.203. The van der Waals surface area contributed by atoms with Crippen molar-refractivity contribution in [3.8, 4) is 0 Å². The second kappa shape index (κ2) is 10.4. The molecule has 2 heterocycles. The number of carbonyl (C=O) groups is 2. The minimum Gasteiger partial charge on any atom is -0.481 e. The Hall–Kier alpha value is -1.22. The fourth-order valence-electron chi connectivity index (χ4n) is 6.61. The number of aliphatic carboxylic acids is 2. The smallest absolute Gasteiger partial charge is 0.339 e. The molecule has 2 saturated heterocycles. The Labute approximate surface area is 206 Å². The lowest BCUT2D eigenvalue weighted by Gasteiger charge is -2.60. The first-order valence-electron chi connectivity index (χ1n) is 12.9. The molecule has 0 aromatic carbocycles. The van der Waals surface area contributed by atoms with Crippen LogP contribution in [0.25, 0.3) is 0 Å². The normalized spacial score (nSPS) is 24.6. The summed E-state index contributed by atoms with van der Waals surface area (Å²) in [5, 5.41) is 27.2. The summed E-state index contributed by atoms with van der Waals surface area (Å²) in [6.45, 7) is 19.9. The van der Waals surface area contributed by atoms with E-state index in [0.29, 0.717) is 39.0 Å². The molecule has 0 atom stereocenters. The Morgan fingerprint density at radius 3 is 1.38 bits per heavy atom. The molecule has 198 valence electrons. The average Bonchev–Trinajstić information content (AvgIpc) is 2.58. The Morgan fingerprint density at radius 2 is 1.03 bits per heavy atom. The van der Waals surface area contributed by atoms with Crippen molar-refractivity contribution in [2.24, 2.45) is 0 Å². The molecule has 8 heteroatoms. The molecule has 0 aromatic rings. The van der Waals surface area contributed by atoms with Crippen LogP contribution in [0, 0.1) is 0 Å². The van der Waals surface area contributed by atoms with Gasteiger partial charge in [-0.15, -0.1) is 0 Å². The van der Waals surface area contributed by atoms with Crippen molar-refractivity contribution in [1.29, 1.82) is 0 Å². The van der Waals surface area contributed by atoms with Crippen LogP contribution in [-0.4, -0.2) is 85.9 Å². The van der Waals surface area contributed by atoms with Crippen LogP contribution in [0.4, 0.5) is 0 Å². The molecule has 0 aromatic heterocycles. The maximum absolute atomic E-state index is 13.3. The molecule has 0 unspecified atom stereocenters. The summed E-state index contributed by atoms with van der Waals surface area (Å²) in [7, 11) is 0. The van der Waals surface area contributed by atoms with E-state index in [1.807, 2.05) is 0 Å². The van der Waals surface area contributed by atoms with Gasteiger partial charge in [-0.1, -0.05) is 19.3 Å². The van der Waals surface area contributed by atoms with Gasteiger partial charge in [0.1, 0.15) is 0 Å². The van der Waals surface area contributed by atoms with Gasteiger partial charge in [0.2, 0.25) is 0 Å². The number of carboxylic acid groups (broad SMARTS) is 2. The second-order valence-corrected chi connectivity index (χ2v) is 13.3. The number of rotatable bonds is 11. The molecule has 0 amide bonds. The Bertz CT molecular complexity index is 662. The Morgan fingerprint density at radius 1 is 0.676 bits per heavy atom. The number of carboxylic acids is 2. The van der Waals surface area contributed by atoms with E-state index in [0.717, 1.165) is 25.7 Å². The van der Waals surface area contributed by atoms with Crippen molar-refractivity contribution >= 4 is 11.9 Å². The molecule has 2 rings (SSSR count). The molecule has 34 heavy (non-hydrogen) atoms. The van der Waals surface area contributed by atoms with Crippen LogP contribution in [0.2, 0.25) is 0 Å². The van der Waals surface area contributed by atoms with E-state index in [1.54, 1.807) is 0 Å². The summed E-state index contributed by atoms with van der Waals surface area (Å²) in [6.07, 6.45) is 4.95. The maximum atomic E-state index is 13.3. The molecule has 0 spiro atoms. The first kappa shape index (κ1) is 29.0. The minimum atomic E-state index is -1.09. The lowest BCUT2D eigenvalue weighted by molar-refractivity contribution is -0.184. The number of unbranched alkanes of at least 4 members (excludes halogenated alkanes) is 4. The summed E-state index contributed by atoms with van der Waals surface area (Å²) in [5.41, 5.74) is -1.93. The van der Waals surface area contributed by atoms with E-state index in [-0.39, 0.29) is 28.6 Å². The van der Waals surface area contributed by atoms with Crippen LogP contribution >= 0.6 is 0 Å². The molecular weight excluding hydrogens is 432 g/mol. The van der Waals surface area contributed by atoms with Crippen LogP contribution in [0.15, 0.2) is 0 Å². The van der Waals surface area contributed by atoms with Crippen LogP contribution in [0.3, 0.4) is 0 Å². The van der Waals surface area contributed by atoms with Gasteiger partial charge >= 0.3 is 11.9 Å². The molecule has 0 aliphatic carbocycles. The Kier molecular flexibility index (Phi) is 8.88. The zero-order valence-electron chi connectivity index (χ0n) is 22.9. The van der Waals surface area contributed by atoms with Crippen molar-refractivity contribution in [3.05, 3.63) is 0 Å². The van der Waals surface area contributed by atoms with Gasteiger partial charge in [0.25, 0.3) is 0 Å². The van der Waals surface area contributed by atoms with Gasteiger partial charge in [-0.3, -0.25) is 14.6 Å². The van der Waals surface area contributed by atoms with Crippen LogP contribution in [-0.2, 0) is 9.59 Å². The number of hydrogen-bond acceptors (Lipinski definition) is 6. The number of nitrogens with zero attached hydrogens (tertiary/aromatic N) is 2. The molecule has 4 N–H and O–H groups in total. The lowest BCUT2D eigenvalue weighted by Crippen LogP contribution is -2.80. The predicted octanol–water partition coefficient (Wildman–Crippen LogP) is 3.51. The monoisotopic (exact) mass is 482 g/mol. The molecule has 2 fully saturated rings. The highest BCUT2D eigenvalue weighted by Crippen LogP contribution is 2.37. The van der Waals surface area contributed by atoms with Crippen LogP contribution in [0.5, 0.6) is 0 Å². The summed E-state index contributed by atoms with van der Waals surface area (Å²) < 4.78 is 0. The van der Waals surface area contributed by atoms with Gasteiger partial charge in [-0.05, 0) is 74.7 Å². The highest BCUT2D eigenvalue weighted by molar-refractivity contribution is 5.78. The van der Waals surface area contributed by atoms with E-state index < -0.39 is 17.6 Å². The van der Waals surface area contributed by atoms with E-state index in [9.17, 15) is 14.7 Å². The first-order valence-corrected chi connectivity index (χ1v) is 12.9. The van der Waals surface area contributed by atoms with Crippen molar-refractivity contribution in [2.75, 3.05) is 26.2 Å². The van der Waals surface area contributed by atoms with Gasteiger partial charge in [0.05, 0.1) is 0 Å². The standard InChI is InChI=1S/C26H50N4O4/c1-22(2)16-29(17-23(3,4)27-22)26(21(33)34,15-13-11-9-10-12-14-20(31)32)30-18-24(5,6)28-25(7,8)19-30/h27-28H,9-19H2,1-8H3,(H,31,32)(H,33,34). The molecule has 2 aliphatic heterocycles. The highest BCUT2D eigenvalue weighted by Gasteiger charge is 2.56. The third-order valence-electron chi connectivity index (χ3n) is 7.00. The summed E-state index contributed by atoms with van der Waals surface area (Å²) >= 11 is 0. The van der Waals surface area contributed by atoms with Gasteiger partial charge < -0.3 is 20.8 Å². The van der Waals surface area contributed by atoms with E-state index >= 15 is 0 Å². The van der Waals surface area contributed by atoms with Gasteiger partial charge in [0, 0.05) is 54.8 Å². The predicted molar refractivity (Wildman–Crippen MR) is 136 cm³/mol. The SMILES string of the molecule is CC1(C)CN(C(CCCCCCCC(=O)O)(C(=O)O)N2CC(C)(C)NC(C)(C)C2)CC(C)(C)N1. The fourth-order valence-corrected chi connectivity index (χ4v) is 6.61. The fraction of sp³-hybridized carbons (Fsp3) is 0.923. The van der Waals surface area contributed by atoms with Crippen molar-refractivity contribution < 1.29 is 19.8 Å². The number of hydrogen-bond donors (Lipinski definition) is 4. The van der Waals surface area contributed by atoms with E-state index in [4.69, 9.17) is 5.11 Å². The van der Waals surface area contributed by atoms with Gasteiger partial charge in [-0.25, -0.2) is 4.79 Å². The topological polar surface area (TPSA) is 105 Å². The highest BCUT2D eigenvalue weighted by atomic mass is 16.4. The summed E-state index contributed by atoms with van der Waals surface area (Å²) in [6, 6.07) is 0. The molecule has 0 saturated carbocycles. The summed E-state index contributed by atoms with van der Waals surface area (Å²) in [4.78, 5) is 28.5. The van der Waals surface area contributed by atoms with Crippen molar-refractivity contribution in [3.63, 3.8) is 0 Å². The zero-order chi connectivity index (χ0) is 26.0. The molecule has 2 aliphatic rings. The maximum Gasteiger partial charge on any atom is 0.339 e. The largest absolute Gasteiger partial charge is 0.481 e. The molecule has 8 nitrogen and oxygen atoms in total. The molecule has 0 bridgehead atoms. The van der Waals surface area contributed by atoms with Crippen molar-refractivity contribution in [1.82, 2.24) is 20.4 Å². The molecular formula is C26H50N4O4. The quantitative estimate of drug-likeness (QED) is 0.332. The molecule has 0 radical (unpaired) electrons. The summed E-state index contributed by atoms with van der Waals surface area (Å²) in [5.74, 6) is -1.52. The van der Waals surface area contributed by atoms with Gasteiger partial charge in [0.15, 0.2) is 5.66 Å². The lowest BCUT2D eigenvalue weighted by atomic mass is 9.83. The second-order valence-electron chi connectivity index (χ2n) is 13.3. The first-order chi connectivity index (χ1) is 15.4. The van der Waals surface area contributed by atoms with Crippen molar-refractivity contribution in [2.45, 2.75) is 128 Å². The van der Waals surface area contributed by atoms with E-state index in [2.05, 4.69) is 75.8 Å². The Balaban J connectivity index is 2.34. The zero-order valence-corrected chi connectivity index (χ0v) is 22.9.